The molecule has 2 saturated heterocycles. The molecule has 4 aromatic rings. The van der Waals surface area contributed by atoms with Gasteiger partial charge in [-0.15, -0.1) is 6.58 Å². The van der Waals surface area contributed by atoms with Crippen molar-refractivity contribution in [3.8, 4) is 0 Å². The molecule has 18 nitrogen and oxygen atoms in total. The van der Waals surface area contributed by atoms with Crippen LogP contribution >= 0.6 is 34.8 Å². The van der Waals surface area contributed by atoms with Gasteiger partial charge in [0, 0.05) is 13.8 Å². The van der Waals surface area contributed by atoms with Crippen molar-refractivity contribution in [3.63, 3.8) is 0 Å². The van der Waals surface area contributed by atoms with Crippen LogP contribution in [0.15, 0.2) is 134 Å². The molecule has 0 amide bonds. The number of alkyl halides is 3. The van der Waals surface area contributed by atoms with Crippen molar-refractivity contribution >= 4 is 76.5 Å². The minimum Gasteiger partial charge on any atom is -0.459 e. The molecule has 0 unspecified atom stereocenters. The van der Waals surface area contributed by atoms with E-state index in [9.17, 15) is 28.8 Å². The number of hydrogen-bond donors (Lipinski definition) is 1. The van der Waals surface area contributed by atoms with E-state index in [1.54, 1.807) is 72.8 Å². The molecule has 2 heterocycles. The fourth-order valence-corrected chi connectivity index (χ4v) is 7.29. The second kappa shape index (κ2) is 25.0. The number of carbonyl (C=O) groups is 6. The van der Waals surface area contributed by atoms with Gasteiger partial charge in [-0.3, -0.25) is 15.0 Å². The molecule has 0 aromatic heterocycles. The molecule has 0 aliphatic carbocycles. The fourth-order valence-electron chi connectivity index (χ4n) is 7.16. The normalized spacial score (nSPS) is 24.1. The molecule has 21 heteroatoms. The summed E-state index contributed by atoms with van der Waals surface area (Å²) in [6.45, 7) is 4.18. The summed E-state index contributed by atoms with van der Waals surface area (Å²) in [4.78, 5) is 80.8. The number of hydrogen-bond acceptors (Lipinski definition) is 18. The van der Waals surface area contributed by atoms with Crippen molar-refractivity contribution in [2.24, 2.45) is 0 Å². The molecular weight excluding hydrogens is 981 g/mol. The fraction of sp³-hybridized carbons (Fsp3) is 0.327. The van der Waals surface area contributed by atoms with Crippen LogP contribution in [-0.4, -0.2) is 127 Å². The molecule has 2 fully saturated rings. The lowest BCUT2D eigenvalue weighted by atomic mass is 9.97. The number of ether oxygens (including phenoxy) is 11. The minimum atomic E-state index is -2.45. The first-order valence-corrected chi connectivity index (χ1v) is 22.5. The predicted octanol–water partition coefficient (Wildman–Crippen LogP) is 6.79. The van der Waals surface area contributed by atoms with Crippen molar-refractivity contribution < 1.29 is 80.9 Å². The van der Waals surface area contributed by atoms with Gasteiger partial charge in [0.05, 0.1) is 35.5 Å². The van der Waals surface area contributed by atoms with Gasteiger partial charge in [-0.1, -0.05) is 114 Å². The van der Waals surface area contributed by atoms with Gasteiger partial charge in [0.2, 0.25) is 12.2 Å². The number of nitrogens with one attached hydrogen (secondary N) is 1. The summed E-state index contributed by atoms with van der Waals surface area (Å²) in [5, 5.41) is 8.32. The van der Waals surface area contributed by atoms with E-state index in [1.807, 2.05) is 0 Å². The van der Waals surface area contributed by atoms with Crippen LogP contribution in [0.1, 0.15) is 55.3 Å². The summed E-state index contributed by atoms with van der Waals surface area (Å²) in [5.41, 5.74) is 0.292. The zero-order valence-electron chi connectivity index (χ0n) is 37.3. The number of halogens is 3. The molecule has 0 spiro atoms. The van der Waals surface area contributed by atoms with Crippen LogP contribution in [0.5, 0.6) is 0 Å². The van der Waals surface area contributed by atoms with E-state index in [-0.39, 0.29) is 28.9 Å². The molecule has 0 saturated carbocycles. The molecule has 70 heavy (non-hydrogen) atoms. The predicted molar refractivity (Wildman–Crippen MR) is 247 cm³/mol. The second-order valence-corrected chi connectivity index (χ2v) is 17.6. The summed E-state index contributed by atoms with van der Waals surface area (Å²) < 4.78 is 63.4. The topological polar surface area (TPSA) is 228 Å². The van der Waals surface area contributed by atoms with Crippen molar-refractivity contribution in [2.45, 2.75) is 79.1 Å². The lowest BCUT2D eigenvalue weighted by Crippen LogP contribution is -2.65. The third-order valence-corrected chi connectivity index (χ3v) is 10.8. The Balaban J connectivity index is 1.45. The third-order valence-electron chi connectivity index (χ3n) is 10.3. The largest absolute Gasteiger partial charge is 0.459 e. The maximum atomic E-state index is 14.1. The Kier molecular flexibility index (Phi) is 18.9. The summed E-state index contributed by atoms with van der Waals surface area (Å²) in [6, 6.07) is 31.1. The van der Waals surface area contributed by atoms with Gasteiger partial charge in [0.15, 0.2) is 36.8 Å². The summed E-state index contributed by atoms with van der Waals surface area (Å²) in [7, 11) is 0. The van der Waals surface area contributed by atoms with E-state index in [4.69, 9.17) is 92.3 Å². The Morgan fingerprint density at radius 2 is 0.900 bits per heavy atom. The van der Waals surface area contributed by atoms with Gasteiger partial charge in [-0.25, -0.2) is 19.2 Å². The van der Waals surface area contributed by atoms with Crippen molar-refractivity contribution in [1.29, 1.82) is 5.41 Å². The van der Waals surface area contributed by atoms with E-state index >= 15 is 0 Å². The smallest absolute Gasteiger partial charge is 0.338 e. The van der Waals surface area contributed by atoms with Crippen LogP contribution < -0.4 is 0 Å². The van der Waals surface area contributed by atoms with Crippen molar-refractivity contribution in [1.82, 2.24) is 0 Å². The number of rotatable bonds is 18. The highest BCUT2D eigenvalue weighted by molar-refractivity contribution is 6.76. The monoisotopic (exact) mass is 1030 g/mol. The van der Waals surface area contributed by atoms with E-state index in [2.05, 4.69) is 6.58 Å². The average Bonchev–Trinajstić information content (AvgIpc) is 3.35. The van der Waals surface area contributed by atoms with Crippen LogP contribution in [0, 0.1) is 5.41 Å². The van der Waals surface area contributed by atoms with Gasteiger partial charge in [-0.05, 0) is 48.5 Å². The van der Waals surface area contributed by atoms with Gasteiger partial charge in [-0.2, -0.15) is 0 Å². The maximum absolute atomic E-state index is 14.1. The molecule has 6 rings (SSSR count). The van der Waals surface area contributed by atoms with Gasteiger partial charge in [0.25, 0.3) is 3.79 Å². The highest BCUT2D eigenvalue weighted by Crippen LogP contribution is 2.36. The van der Waals surface area contributed by atoms with E-state index in [0.29, 0.717) is 0 Å². The average molecular weight is 1030 g/mol. The third kappa shape index (κ3) is 14.3. The quantitative estimate of drug-likeness (QED) is 0.0270. The summed E-state index contributed by atoms with van der Waals surface area (Å²) in [6.07, 6.45) is -15.3. The molecule has 1 N–H and O–H groups in total. The molecule has 0 radical (unpaired) electrons. The Labute approximate surface area is 416 Å². The lowest BCUT2D eigenvalue weighted by molar-refractivity contribution is -0.326. The van der Waals surface area contributed by atoms with Gasteiger partial charge >= 0.3 is 35.8 Å². The minimum absolute atomic E-state index is 0.0341. The number of esters is 6. The highest BCUT2D eigenvalue weighted by atomic mass is 35.6. The summed E-state index contributed by atoms with van der Waals surface area (Å²) in [5.74, 6) is -6.39. The molecule has 0 bridgehead atoms. The van der Waals surface area contributed by atoms with Crippen LogP contribution in [0.2, 0.25) is 0 Å². The Hall–Kier alpha value is -6.38. The highest BCUT2D eigenvalue weighted by Gasteiger charge is 2.56. The van der Waals surface area contributed by atoms with Crippen molar-refractivity contribution in [3.05, 3.63) is 156 Å². The maximum Gasteiger partial charge on any atom is 0.338 e. The summed E-state index contributed by atoms with van der Waals surface area (Å²) >= 11 is 17.9. The van der Waals surface area contributed by atoms with Gasteiger partial charge in [0.1, 0.15) is 24.9 Å². The van der Waals surface area contributed by atoms with Crippen molar-refractivity contribution in [2.75, 3.05) is 19.8 Å². The second-order valence-electron chi connectivity index (χ2n) is 15.3. The van der Waals surface area contributed by atoms with Crippen LogP contribution in [0.3, 0.4) is 0 Å². The molecular formula is C49H46Cl3NO17. The molecule has 2 aliphatic heterocycles. The number of carbonyl (C=O) groups excluding carboxylic acids is 6. The number of benzene rings is 4. The Bertz CT molecular complexity index is 2440. The van der Waals surface area contributed by atoms with Gasteiger partial charge < -0.3 is 52.1 Å². The van der Waals surface area contributed by atoms with Crippen LogP contribution in [-0.2, 0) is 61.7 Å². The first-order chi connectivity index (χ1) is 33.5. The molecule has 370 valence electrons. The zero-order chi connectivity index (χ0) is 50.4. The van der Waals surface area contributed by atoms with Crippen LogP contribution in [0.25, 0.3) is 0 Å². The molecule has 2 aliphatic rings. The molecule has 10 atom stereocenters. The van der Waals surface area contributed by atoms with E-state index in [1.165, 1.54) is 54.6 Å². The van der Waals surface area contributed by atoms with E-state index < -0.39 is 120 Å². The standard InChI is InChI=1S/C49H46Cl3NO17/c1-4-25-60-38-36(63-28(2)54)35(66-47(40(38)64-29(3)55)70-48(53)49(50,51)52)27-62-46-41(69-45(59)33-23-15-8-16-24-33)39(68-44(58)32-21-13-7-14-22-32)37(67-43(57)31-19-11-6-12-20-31)34(65-46)26-61-42(56)30-17-9-5-10-18-30/h4-24,34-41,46-47,53H,1,25-27H2,2-3H3/t34-,35-,36-,37-,38+,39+,40-,41-,46-,47-/m1/s1. The molecule has 4 aromatic carbocycles. The SMILES string of the molecule is C=CCO[C@@H]1[C@@H](OC(C)=O)[C@@H](OC(=N)C(Cl)(Cl)Cl)O[C@H](CO[C@@H]2O[C@H](COC(=O)c3ccccc3)[C@@H](OC(=O)c3ccccc3)[C@H](OC(=O)c3ccccc3)[C@H]2OC(=O)c2ccccc2)[C@H]1OC(C)=O. The van der Waals surface area contributed by atoms with E-state index in [0.717, 1.165) is 13.8 Å². The Morgan fingerprint density at radius 1 is 0.514 bits per heavy atom. The zero-order valence-corrected chi connectivity index (χ0v) is 39.6. The lowest BCUT2D eigenvalue weighted by Gasteiger charge is -2.46. The first kappa shape index (κ1) is 53.0. The van der Waals surface area contributed by atoms with Crippen LogP contribution in [0.4, 0.5) is 0 Å². The first-order valence-electron chi connectivity index (χ1n) is 21.4. The Morgan fingerprint density at radius 3 is 1.36 bits per heavy atom.